The molecule has 0 radical (unpaired) electrons. The molecular weight excluding hydrogens is 480 g/mol. The molecule has 0 atom stereocenters. The van der Waals surface area contributed by atoms with Crippen molar-refractivity contribution in [1.82, 2.24) is 20.1 Å². The van der Waals surface area contributed by atoms with Gasteiger partial charge in [0, 0.05) is 38.9 Å². The molecule has 1 spiro atoms. The highest BCUT2D eigenvalue weighted by Gasteiger charge is 2.42. The van der Waals surface area contributed by atoms with E-state index in [0.717, 1.165) is 80.0 Å². The fourth-order valence-electron chi connectivity index (χ4n) is 5.05. The maximum atomic E-state index is 13.1. The van der Waals surface area contributed by atoms with Crippen LogP contribution < -0.4 is 14.8 Å². The third-order valence-electron chi connectivity index (χ3n) is 7.17. The highest BCUT2D eigenvalue weighted by Crippen LogP contribution is 2.40. The number of thiocarbonyl (C=S) groups is 1. The standard InChI is InChI=1S/C26H34N4O3S2/c1-32-21-7-6-19(17-22(21)33-2)8-13-28-25(34)30-16-11-26(18-30)9-14-29(15-10-26)24(31)20-5-4-12-27-23(20)35-3/h4-7,12,17H,8-11,13-16,18H2,1-3H3,(H,28,34). The number of piperidine rings is 1. The number of nitrogens with zero attached hydrogens (tertiary/aromatic N) is 3. The van der Waals surface area contributed by atoms with E-state index in [1.807, 2.05) is 35.4 Å². The van der Waals surface area contributed by atoms with Gasteiger partial charge in [0.25, 0.3) is 5.91 Å². The molecule has 1 aromatic heterocycles. The van der Waals surface area contributed by atoms with E-state index in [2.05, 4.69) is 21.3 Å². The number of methoxy groups -OCH3 is 2. The first kappa shape index (κ1) is 25.6. The summed E-state index contributed by atoms with van der Waals surface area (Å²) in [5, 5.41) is 5.05. The van der Waals surface area contributed by atoms with Gasteiger partial charge in [0.15, 0.2) is 16.6 Å². The Labute approximate surface area is 217 Å². The maximum Gasteiger partial charge on any atom is 0.256 e. The van der Waals surface area contributed by atoms with Gasteiger partial charge in [-0.25, -0.2) is 4.98 Å². The number of nitrogens with one attached hydrogen (secondary N) is 1. The van der Waals surface area contributed by atoms with Crippen LogP contribution in [0, 0.1) is 5.41 Å². The van der Waals surface area contributed by atoms with Gasteiger partial charge in [0.1, 0.15) is 5.03 Å². The molecule has 0 aliphatic carbocycles. The van der Waals surface area contributed by atoms with Crippen LogP contribution in [0.3, 0.4) is 0 Å². The van der Waals surface area contributed by atoms with E-state index >= 15 is 0 Å². The lowest BCUT2D eigenvalue weighted by molar-refractivity contribution is 0.0594. The van der Waals surface area contributed by atoms with Crippen LogP contribution in [0.4, 0.5) is 0 Å². The summed E-state index contributed by atoms with van der Waals surface area (Å²) in [7, 11) is 3.29. The van der Waals surface area contributed by atoms with Crippen molar-refractivity contribution >= 4 is 35.0 Å². The molecule has 2 aliphatic heterocycles. The normalized spacial score (nSPS) is 16.9. The summed E-state index contributed by atoms with van der Waals surface area (Å²) < 4.78 is 10.7. The zero-order valence-electron chi connectivity index (χ0n) is 20.7. The predicted molar refractivity (Wildman–Crippen MR) is 144 cm³/mol. The number of rotatable bonds is 7. The van der Waals surface area contributed by atoms with Crippen molar-refractivity contribution < 1.29 is 14.3 Å². The van der Waals surface area contributed by atoms with Gasteiger partial charge in [-0.1, -0.05) is 6.07 Å². The van der Waals surface area contributed by atoms with Gasteiger partial charge in [-0.3, -0.25) is 4.79 Å². The van der Waals surface area contributed by atoms with E-state index in [1.165, 1.54) is 17.3 Å². The minimum Gasteiger partial charge on any atom is -0.493 e. The Morgan fingerprint density at radius 2 is 1.83 bits per heavy atom. The zero-order valence-corrected chi connectivity index (χ0v) is 22.3. The fourth-order valence-corrected chi connectivity index (χ4v) is 5.85. The number of hydrogen-bond donors (Lipinski definition) is 1. The van der Waals surface area contributed by atoms with E-state index in [9.17, 15) is 4.79 Å². The molecule has 7 nitrogen and oxygen atoms in total. The molecule has 9 heteroatoms. The van der Waals surface area contributed by atoms with Gasteiger partial charge < -0.3 is 24.6 Å². The Balaban J connectivity index is 1.25. The Morgan fingerprint density at radius 1 is 1.11 bits per heavy atom. The highest BCUT2D eigenvalue weighted by atomic mass is 32.2. The van der Waals surface area contributed by atoms with Crippen LogP contribution in [-0.2, 0) is 6.42 Å². The summed E-state index contributed by atoms with van der Waals surface area (Å²) in [4.78, 5) is 21.7. The molecule has 2 aromatic rings. The molecule has 1 aromatic carbocycles. The predicted octanol–water partition coefficient (Wildman–Crippen LogP) is 3.87. The molecule has 2 saturated heterocycles. The van der Waals surface area contributed by atoms with Crippen molar-refractivity contribution in [2.45, 2.75) is 30.7 Å². The minimum atomic E-state index is 0.0968. The summed E-state index contributed by atoms with van der Waals surface area (Å²) in [5.74, 6) is 1.58. The van der Waals surface area contributed by atoms with Crippen molar-refractivity contribution in [3.8, 4) is 11.5 Å². The van der Waals surface area contributed by atoms with E-state index in [0.29, 0.717) is 5.56 Å². The molecule has 1 N–H and O–H groups in total. The van der Waals surface area contributed by atoms with Gasteiger partial charge in [-0.15, -0.1) is 11.8 Å². The quantitative estimate of drug-likeness (QED) is 0.441. The van der Waals surface area contributed by atoms with Crippen LogP contribution in [0.25, 0.3) is 0 Å². The van der Waals surface area contributed by atoms with E-state index < -0.39 is 0 Å². The summed E-state index contributed by atoms with van der Waals surface area (Å²) in [5.41, 5.74) is 2.12. The monoisotopic (exact) mass is 514 g/mol. The first-order valence-electron chi connectivity index (χ1n) is 12.0. The van der Waals surface area contributed by atoms with Gasteiger partial charge in [-0.05, 0) is 79.4 Å². The van der Waals surface area contributed by atoms with Crippen molar-refractivity contribution in [3.63, 3.8) is 0 Å². The number of amides is 1. The molecular formula is C26H34N4O3S2. The molecule has 4 rings (SSSR count). The molecule has 2 aliphatic rings. The third-order valence-corrected chi connectivity index (χ3v) is 8.28. The van der Waals surface area contributed by atoms with Gasteiger partial charge in [0.2, 0.25) is 0 Å². The molecule has 0 bridgehead atoms. The van der Waals surface area contributed by atoms with Crippen molar-refractivity contribution in [3.05, 3.63) is 47.7 Å². The molecule has 35 heavy (non-hydrogen) atoms. The Hall–Kier alpha value is -2.52. The van der Waals surface area contributed by atoms with E-state index in [1.54, 1.807) is 20.4 Å². The number of likely N-dealkylation sites (tertiary alicyclic amines) is 2. The SMILES string of the molecule is COc1ccc(CCNC(=S)N2CCC3(CCN(C(=O)c4cccnc4SC)CC3)C2)cc1OC. The number of aromatic nitrogens is 1. The number of hydrogen-bond acceptors (Lipinski definition) is 6. The van der Waals surface area contributed by atoms with Crippen LogP contribution in [0.2, 0.25) is 0 Å². The summed E-state index contributed by atoms with van der Waals surface area (Å²) in [6, 6.07) is 9.72. The van der Waals surface area contributed by atoms with Gasteiger partial charge in [0.05, 0.1) is 19.8 Å². The largest absolute Gasteiger partial charge is 0.493 e. The molecule has 2 fully saturated rings. The lowest BCUT2D eigenvalue weighted by Crippen LogP contribution is -2.46. The number of carbonyl (C=O) groups excluding carboxylic acids is 1. The molecule has 0 unspecified atom stereocenters. The van der Waals surface area contributed by atoms with Gasteiger partial charge >= 0.3 is 0 Å². The third kappa shape index (κ3) is 5.83. The molecule has 0 saturated carbocycles. The maximum absolute atomic E-state index is 13.1. The first-order valence-corrected chi connectivity index (χ1v) is 13.6. The van der Waals surface area contributed by atoms with E-state index in [-0.39, 0.29) is 11.3 Å². The zero-order chi connectivity index (χ0) is 24.8. The Morgan fingerprint density at radius 3 is 2.51 bits per heavy atom. The lowest BCUT2D eigenvalue weighted by atomic mass is 9.77. The average molecular weight is 515 g/mol. The van der Waals surface area contributed by atoms with Crippen LogP contribution in [0.15, 0.2) is 41.6 Å². The summed E-state index contributed by atoms with van der Waals surface area (Å²) in [6.45, 7) is 4.27. The van der Waals surface area contributed by atoms with Crippen molar-refractivity contribution in [2.24, 2.45) is 5.41 Å². The van der Waals surface area contributed by atoms with Crippen molar-refractivity contribution in [2.75, 3.05) is 53.2 Å². The second-order valence-corrected chi connectivity index (χ2v) is 10.4. The van der Waals surface area contributed by atoms with Crippen LogP contribution in [-0.4, -0.2) is 79.0 Å². The summed E-state index contributed by atoms with van der Waals surface area (Å²) >= 11 is 7.24. The fraction of sp³-hybridized carbons (Fsp3) is 0.500. The Kier molecular flexibility index (Phi) is 8.38. The highest BCUT2D eigenvalue weighted by molar-refractivity contribution is 7.98. The molecule has 188 valence electrons. The second-order valence-electron chi connectivity index (χ2n) is 9.20. The van der Waals surface area contributed by atoms with Crippen molar-refractivity contribution in [1.29, 1.82) is 0 Å². The number of benzene rings is 1. The van der Waals surface area contributed by atoms with Crippen LogP contribution >= 0.6 is 24.0 Å². The minimum absolute atomic E-state index is 0.0968. The lowest BCUT2D eigenvalue weighted by Gasteiger charge is -2.39. The average Bonchev–Trinajstić information content (AvgIpc) is 3.32. The van der Waals surface area contributed by atoms with E-state index in [4.69, 9.17) is 21.7 Å². The summed E-state index contributed by atoms with van der Waals surface area (Å²) in [6.07, 6.45) is 7.70. The van der Waals surface area contributed by atoms with Crippen LogP contribution in [0.5, 0.6) is 11.5 Å². The number of carbonyl (C=O) groups is 1. The number of thioether (sulfide) groups is 1. The van der Waals surface area contributed by atoms with Gasteiger partial charge in [-0.2, -0.15) is 0 Å². The topological polar surface area (TPSA) is 66.9 Å². The Bertz CT molecular complexity index is 1060. The molecule has 1 amide bonds. The first-order chi connectivity index (χ1) is 17.0. The number of ether oxygens (including phenoxy) is 2. The molecule has 3 heterocycles. The van der Waals surface area contributed by atoms with Crippen LogP contribution in [0.1, 0.15) is 35.2 Å². The smallest absolute Gasteiger partial charge is 0.256 e. The number of pyridine rings is 1. The second kappa shape index (κ2) is 11.5.